The van der Waals surface area contributed by atoms with Crippen LogP contribution in [0.4, 0.5) is 5.00 Å². The summed E-state index contributed by atoms with van der Waals surface area (Å²) in [5.41, 5.74) is 3.80. The molecule has 2 N–H and O–H groups in total. The highest BCUT2D eigenvalue weighted by Crippen LogP contribution is 2.21. The van der Waals surface area contributed by atoms with E-state index in [0.717, 1.165) is 17.1 Å². The number of rotatable bonds is 4. The van der Waals surface area contributed by atoms with Gasteiger partial charge in [0.2, 0.25) is 0 Å². The summed E-state index contributed by atoms with van der Waals surface area (Å²) in [5.74, 6) is -0.952. The zero-order valence-electron chi connectivity index (χ0n) is 10.2. The summed E-state index contributed by atoms with van der Waals surface area (Å²) in [5, 5.41) is 12.7. The predicted octanol–water partition coefficient (Wildman–Crippen LogP) is 3.07. The van der Waals surface area contributed by atoms with Crippen molar-refractivity contribution in [1.82, 2.24) is 4.37 Å². The molecule has 0 saturated carbocycles. The number of hydrogen-bond acceptors (Lipinski definition) is 4. The van der Waals surface area contributed by atoms with Crippen molar-refractivity contribution in [3.05, 3.63) is 46.6 Å². The van der Waals surface area contributed by atoms with Crippen LogP contribution in [0, 0.1) is 13.8 Å². The van der Waals surface area contributed by atoms with Gasteiger partial charge in [0.1, 0.15) is 10.6 Å². The Morgan fingerprint density at radius 1 is 1.44 bits per heavy atom. The Hall–Kier alpha value is -1.88. The van der Waals surface area contributed by atoms with Crippen LogP contribution < -0.4 is 5.32 Å². The molecule has 0 aliphatic rings. The Morgan fingerprint density at radius 2 is 2.22 bits per heavy atom. The fourth-order valence-electron chi connectivity index (χ4n) is 1.74. The van der Waals surface area contributed by atoms with Gasteiger partial charge < -0.3 is 10.4 Å². The molecule has 4 nitrogen and oxygen atoms in total. The molecule has 2 rings (SSSR count). The third-order valence-corrected chi connectivity index (χ3v) is 3.50. The number of aromatic nitrogens is 1. The van der Waals surface area contributed by atoms with E-state index in [4.69, 9.17) is 5.11 Å². The molecule has 1 aromatic heterocycles. The van der Waals surface area contributed by atoms with Crippen molar-refractivity contribution in [1.29, 1.82) is 0 Å². The standard InChI is InChI=1S/C13H14N2O2S/c1-8-3-4-10(9(2)5-8)6-14-12-11(13(16)17)7-15-18-12/h3-5,7,14H,6H2,1-2H3,(H,16,17). The molecule has 0 amide bonds. The number of carbonyl (C=O) groups is 1. The Labute approximate surface area is 109 Å². The van der Waals surface area contributed by atoms with Crippen molar-refractivity contribution in [3.63, 3.8) is 0 Å². The maximum Gasteiger partial charge on any atom is 0.340 e. The third kappa shape index (κ3) is 2.68. The number of carboxylic acid groups (broad SMARTS) is 1. The number of aromatic carboxylic acids is 1. The van der Waals surface area contributed by atoms with E-state index in [2.05, 4.69) is 41.7 Å². The van der Waals surface area contributed by atoms with Gasteiger partial charge >= 0.3 is 5.97 Å². The molecule has 0 aliphatic carbocycles. The molecule has 0 unspecified atom stereocenters. The number of carboxylic acids is 1. The highest BCUT2D eigenvalue weighted by atomic mass is 32.1. The van der Waals surface area contributed by atoms with Crippen LogP contribution in [0.15, 0.2) is 24.4 Å². The topological polar surface area (TPSA) is 62.2 Å². The number of nitrogens with one attached hydrogen (secondary N) is 1. The van der Waals surface area contributed by atoms with Crippen molar-refractivity contribution in [2.24, 2.45) is 0 Å². The third-order valence-electron chi connectivity index (χ3n) is 2.74. The molecule has 2 aromatic rings. The Morgan fingerprint density at radius 3 is 2.89 bits per heavy atom. The number of hydrogen-bond donors (Lipinski definition) is 2. The van der Waals surface area contributed by atoms with Gasteiger partial charge in [-0.1, -0.05) is 23.8 Å². The summed E-state index contributed by atoms with van der Waals surface area (Å²) in [7, 11) is 0. The minimum absolute atomic E-state index is 0.227. The summed E-state index contributed by atoms with van der Waals surface area (Å²) in [6.45, 7) is 4.71. The summed E-state index contributed by atoms with van der Waals surface area (Å²) in [6.07, 6.45) is 1.37. The van der Waals surface area contributed by atoms with Crippen LogP contribution in [-0.4, -0.2) is 15.4 Å². The second-order valence-corrected chi connectivity index (χ2v) is 4.96. The van der Waals surface area contributed by atoms with E-state index in [9.17, 15) is 4.79 Å². The van der Waals surface area contributed by atoms with Gasteiger partial charge in [0.25, 0.3) is 0 Å². The summed E-state index contributed by atoms with van der Waals surface area (Å²) >= 11 is 1.16. The molecule has 0 atom stereocenters. The number of aryl methyl sites for hydroxylation is 2. The van der Waals surface area contributed by atoms with Crippen molar-refractivity contribution < 1.29 is 9.90 Å². The largest absolute Gasteiger partial charge is 0.478 e. The molecular weight excluding hydrogens is 248 g/mol. The van der Waals surface area contributed by atoms with Gasteiger partial charge in [-0.05, 0) is 36.5 Å². The maximum absolute atomic E-state index is 10.9. The summed E-state index contributed by atoms with van der Waals surface area (Å²) in [6, 6.07) is 6.22. The van der Waals surface area contributed by atoms with E-state index >= 15 is 0 Å². The lowest BCUT2D eigenvalue weighted by Gasteiger charge is -2.08. The lowest BCUT2D eigenvalue weighted by Crippen LogP contribution is -2.04. The first-order valence-corrected chi connectivity index (χ1v) is 6.33. The normalized spacial score (nSPS) is 10.3. The summed E-state index contributed by atoms with van der Waals surface area (Å²) in [4.78, 5) is 10.9. The van der Waals surface area contributed by atoms with Gasteiger partial charge in [0.05, 0.1) is 6.20 Å². The Kier molecular flexibility index (Phi) is 3.62. The van der Waals surface area contributed by atoms with E-state index in [1.54, 1.807) is 0 Å². The fourth-order valence-corrected chi connectivity index (χ4v) is 2.38. The Bertz CT molecular complexity index is 578. The molecule has 0 fully saturated rings. The van der Waals surface area contributed by atoms with Crippen molar-refractivity contribution >= 4 is 22.5 Å². The second-order valence-electron chi connectivity index (χ2n) is 4.16. The first-order chi connectivity index (χ1) is 8.58. The molecule has 94 valence electrons. The van der Waals surface area contributed by atoms with E-state index in [1.807, 2.05) is 0 Å². The van der Waals surface area contributed by atoms with E-state index in [1.165, 1.54) is 17.3 Å². The number of benzene rings is 1. The molecular formula is C13H14N2O2S. The lowest BCUT2D eigenvalue weighted by atomic mass is 10.1. The van der Waals surface area contributed by atoms with E-state index in [0.29, 0.717) is 11.5 Å². The van der Waals surface area contributed by atoms with Gasteiger partial charge in [-0.3, -0.25) is 0 Å². The first-order valence-electron chi connectivity index (χ1n) is 5.56. The zero-order chi connectivity index (χ0) is 13.1. The second kappa shape index (κ2) is 5.18. The molecule has 1 aromatic carbocycles. The number of anilines is 1. The molecule has 0 bridgehead atoms. The molecule has 1 heterocycles. The van der Waals surface area contributed by atoms with Crippen molar-refractivity contribution in [2.45, 2.75) is 20.4 Å². The van der Waals surface area contributed by atoms with Crippen molar-refractivity contribution in [2.75, 3.05) is 5.32 Å². The van der Waals surface area contributed by atoms with Crippen LogP contribution in [0.3, 0.4) is 0 Å². The highest BCUT2D eigenvalue weighted by Gasteiger charge is 2.12. The molecule has 0 radical (unpaired) electrons. The van der Waals surface area contributed by atoms with Crippen LogP contribution in [0.5, 0.6) is 0 Å². The predicted molar refractivity (Wildman–Crippen MR) is 72.3 cm³/mol. The monoisotopic (exact) mass is 262 g/mol. The van der Waals surface area contributed by atoms with Crippen LogP contribution in [0.2, 0.25) is 0 Å². The SMILES string of the molecule is Cc1ccc(CNc2sncc2C(=O)O)c(C)c1. The quantitative estimate of drug-likeness (QED) is 0.889. The minimum Gasteiger partial charge on any atom is -0.478 e. The van der Waals surface area contributed by atoms with Gasteiger partial charge in [-0.2, -0.15) is 4.37 Å². The van der Waals surface area contributed by atoms with Gasteiger partial charge in [0.15, 0.2) is 0 Å². The molecule has 0 aliphatic heterocycles. The fraction of sp³-hybridized carbons (Fsp3) is 0.231. The van der Waals surface area contributed by atoms with Crippen LogP contribution in [-0.2, 0) is 6.54 Å². The smallest absolute Gasteiger partial charge is 0.340 e. The molecule has 18 heavy (non-hydrogen) atoms. The number of nitrogens with zero attached hydrogens (tertiary/aromatic N) is 1. The van der Waals surface area contributed by atoms with Gasteiger partial charge in [0, 0.05) is 6.54 Å². The highest BCUT2D eigenvalue weighted by molar-refractivity contribution is 7.10. The average Bonchev–Trinajstić information content (AvgIpc) is 2.76. The lowest BCUT2D eigenvalue weighted by molar-refractivity contribution is 0.0698. The van der Waals surface area contributed by atoms with E-state index in [-0.39, 0.29) is 5.56 Å². The average molecular weight is 262 g/mol. The minimum atomic E-state index is -0.952. The van der Waals surface area contributed by atoms with Crippen LogP contribution in [0.25, 0.3) is 0 Å². The Balaban J connectivity index is 2.11. The molecule has 0 saturated heterocycles. The van der Waals surface area contributed by atoms with Crippen LogP contribution in [0.1, 0.15) is 27.0 Å². The molecule has 5 heteroatoms. The summed E-state index contributed by atoms with van der Waals surface area (Å²) < 4.78 is 3.89. The zero-order valence-corrected chi connectivity index (χ0v) is 11.0. The first kappa shape index (κ1) is 12.6. The van der Waals surface area contributed by atoms with Crippen LogP contribution >= 0.6 is 11.5 Å². The van der Waals surface area contributed by atoms with Crippen molar-refractivity contribution in [3.8, 4) is 0 Å². The molecule has 0 spiro atoms. The van der Waals surface area contributed by atoms with E-state index < -0.39 is 5.97 Å². The maximum atomic E-state index is 10.9. The van der Waals surface area contributed by atoms with Gasteiger partial charge in [-0.15, -0.1) is 0 Å². The van der Waals surface area contributed by atoms with Gasteiger partial charge in [-0.25, -0.2) is 4.79 Å².